The zero-order valence-electron chi connectivity index (χ0n) is 17.4. The number of rotatable bonds is 6. The lowest BCUT2D eigenvalue weighted by Gasteiger charge is -2.26. The van der Waals surface area contributed by atoms with E-state index in [2.05, 4.69) is 21.7 Å². The topological polar surface area (TPSA) is 88.0 Å². The molecule has 3 aromatic rings. The van der Waals surface area contributed by atoms with Gasteiger partial charge in [0.05, 0.1) is 5.69 Å². The smallest absolute Gasteiger partial charge is 0.323 e. The summed E-state index contributed by atoms with van der Waals surface area (Å²) in [5.74, 6) is 0.0231. The fourth-order valence-corrected chi connectivity index (χ4v) is 3.49. The van der Waals surface area contributed by atoms with Crippen LogP contribution < -0.4 is 10.6 Å². The van der Waals surface area contributed by atoms with Gasteiger partial charge in [0.1, 0.15) is 12.3 Å². The van der Waals surface area contributed by atoms with Crippen molar-refractivity contribution in [2.45, 2.75) is 13.3 Å². The quantitative estimate of drug-likeness (QED) is 0.639. The number of urea groups is 1. The zero-order chi connectivity index (χ0) is 21.6. The lowest BCUT2D eigenvalue weighted by atomic mass is 9.99. The van der Waals surface area contributed by atoms with Crippen molar-refractivity contribution in [1.82, 2.24) is 14.3 Å². The summed E-state index contributed by atoms with van der Waals surface area (Å²) in [5, 5.41) is 5.67. The van der Waals surface area contributed by atoms with Crippen molar-refractivity contribution < 1.29 is 14.3 Å². The van der Waals surface area contributed by atoms with Crippen LogP contribution in [0, 0.1) is 0 Å². The van der Waals surface area contributed by atoms with Gasteiger partial charge in [0.2, 0.25) is 5.91 Å². The molecular formula is C23H25N5O3. The molecule has 0 spiro atoms. The largest absolute Gasteiger partial charge is 0.372 e. The molecule has 31 heavy (non-hydrogen) atoms. The van der Waals surface area contributed by atoms with Crippen LogP contribution in [0.4, 0.5) is 16.2 Å². The molecule has 3 amide bonds. The van der Waals surface area contributed by atoms with Crippen LogP contribution in [0.5, 0.6) is 0 Å². The van der Waals surface area contributed by atoms with Gasteiger partial charge in [-0.2, -0.15) is 0 Å². The molecule has 1 aliphatic rings. The molecule has 0 atom stereocenters. The second-order valence-corrected chi connectivity index (χ2v) is 7.22. The van der Waals surface area contributed by atoms with E-state index in [0.29, 0.717) is 31.1 Å². The highest BCUT2D eigenvalue weighted by atomic mass is 16.5. The monoisotopic (exact) mass is 419 g/mol. The summed E-state index contributed by atoms with van der Waals surface area (Å²) in [7, 11) is 0. The third-order valence-electron chi connectivity index (χ3n) is 5.15. The van der Waals surface area contributed by atoms with Crippen LogP contribution in [0.1, 0.15) is 18.9 Å². The third-order valence-corrected chi connectivity index (χ3v) is 5.15. The second kappa shape index (κ2) is 9.44. The Morgan fingerprint density at radius 3 is 2.61 bits per heavy atom. The number of benzene rings is 1. The summed E-state index contributed by atoms with van der Waals surface area (Å²) in [5.41, 5.74) is 4.49. The summed E-state index contributed by atoms with van der Waals surface area (Å²) in [6.07, 6.45) is 8.21. The maximum atomic E-state index is 12.3. The van der Waals surface area contributed by atoms with Gasteiger partial charge in [-0.15, -0.1) is 0 Å². The van der Waals surface area contributed by atoms with E-state index in [-0.39, 0.29) is 18.5 Å². The minimum absolute atomic E-state index is 0.0231. The lowest BCUT2D eigenvalue weighted by molar-refractivity contribution is -0.135. The number of pyridine rings is 1. The van der Waals surface area contributed by atoms with Crippen molar-refractivity contribution in [2.75, 3.05) is 36.9 Å². The van der Waals surface area contributed by atoms with Crippen LogP contribution in [-0.4, -0.2) is 52.5 Å². The molecular weight excluding hydrogens is 394 g/mol. The number of hydrogen-bond acceptors (Lipinski definition) is 4. The minimum atomic E-state index is -0.312. The Balaban J connectivity index is 1.32. The molecule has 0 radical (unpaired) electrons. The Bertz CT molecular complexity index is 1100. The Morgan fingerprint density at radius 1 is 1.10 bits per heavy atom. The summed E-state index contributed by atoms with van der Waals surface area (Å²) in [4.78, 5) is 30.4. The number of ether oxygens (including phenoxy) is 1. The summed E-state index contributed by atoms with van der Waals surface area (Å²) in [6.45, 7) is 3.83. The number of amides is 3. The van der Waals surface area contributed by atoms with Crippen molar-refractivity contribution in [3.05, 3.63) is 66.6 Å². The van der Waals surface area contributed by atoms with E-state index in [0.717, 1.165) is 17.6 Å². The van der Waals surface area contributed by atoms with Gasteiger partial charge in [-0.1, -0.05) is 18.2 Å². The highest BCUT2D eigenvalue weighted by Gasteiger charge is 2.17. The van der Waals surface area contributed by atoms with Gasteiger partial charge in [0.25, 0.3) is 0 Å². The number of anilines is 2. The first-order valence-corrected chi connectivity index (χ1v) is 10.3. The maximum absolute atomic E-state index is 12.3. The Kier molecular flexibility index (Phi) is 6.28. The third kappa shape index (κ3) is 5.10. The molecule has 3 heterocycles. The van der Waals surface area contributed by atoms with Crippen LogP contribution in [0.15, 0.2) is 61.1 Å². The summed E-state index contributed by atoms with van der Waals surface area (Å²) < 4.78 is 7.04. The molecule has 4 rings (SSSR count). The van der Waals surface area contributed by atoms with E-state index in [1.165, 1.54) is 5.57 Å². The molecule has 0 saturated heterocycles. The average molecular weight is 419 g/mol. The molecule has 2 N–H and O–H groups in total. The number of hydrogen-bond donors (Lipinski definition) is 2. The van der Waals surface area contributed by atoms with E-state index < -0.39 is 0 Å². The number of carbonyl (C=O) groups excluding carboxylic acids is 2. The summed E-state index contributed by atoms with van der Waals surface area (Å²) >= 11 is 0. The molecule has 2 aromatic heterocycles. The van der Waals surface area contributed by atoms with Crippen LogP contribution in [-0.2, 0) is 9.53 Å². The van der Waals surface area contributed by atoms with E-state index in [1.54, 1.807) is 11.1 Å². The first-order valence-electron chi connectivity index (χ1n) is 10.3. The SMILES string of the molecule is CCOCC(=O)N1CC=C(c2ccc(NC(=O)Nc3ccc4nccn4c3)cc2)CC1. The predicted molar refractivity (Wildman–Crippen MR) is 120 cm³/mol. The van der Waals surface area contributed by atoms with Crippen molar-refractivity contribution in [3.8, 4) is 0 Å². The van der Waals surface area contributed by atoms with E-state index in [1.807, 2.05) is 60.1 Å². The van der Waals surface area contributed by atoms with Crippen molar-refractivity contribution in [3.63, 3.8) is 0 Å². The number of nitrogens with one attached hydrogen (secondary N) is 2. The van der Waals surface area contributed by atoms with Gasteiger partial charge >= 0.3 is 6.03 Å². The molecule has 1 aliphatic heterocycles. The number of aromatic nitrogens is 2. The van der Waals surface area contributed by atoms with Gasteiger partial charge in [0.15, 0.2) is 0 Å². The fourth-order valence-electron chi connectivity index (χ4n) is 3.49. The number of carbonyl (C=O) groups is 2. The van der Waals surface area contributed by atoms with Crippen LogP contribution in [0.2, 0.25) is 0 Å². The van der Waals surface area contributed by atoms with Gasteiger partial charge in [0, 0.05) is 44.0 Å². The van der Waals surface area contributed by atoms with Crippen LogP contribution in [0.25, 0.3) is 11.2 Å². The molecule has 0 saturated carbocycles. The second-order valence-electron chi connectivity index (χ2n) is 7.22. The standard InChI is InChI=1S/C23H25N5O3/c1-2-31-16-22(29)27-12-9-18(10-13-27)17-3-5-19(6-4-17)25-23(30)26-20-7-8-21-24-11-14-28(21)15-20/h3-9,11,14-15H,2,10,12-13,16H2,1H3,(H2,25,26,30). The molecule has 160 valence electrons. The minimum Gasteiger partial charge on any atom is -0.372 e. The molecule has 0 unspecified atom stereocenters. The van der Waals surface area contributed by atoms with Gasteiger partial charge in [-0.05, 0) is 48.7 Å². The van der Waals surface area contributed by atoms with Gasteiger partial charge in [-0.3, -0.25) is 4.79 Å². The van der Waals surface area contributed by atoms with Crippen molar-refractivity contribution in [1.29, 1.82) is 0 Å². The highest BCUT2D eigenvalue weighted by Crippen LogP contribution is 2.24. The summed E-state index contributed by atoms with van der Waals surface area (Å²) in [6, 6.07) is 11.1. The van der Waals surface area contributed by atoms with Crippen LogP contribution in [0.3, 0.4) is 0 Å². The van der Waals surface area contributed by atoms with Gasteiger partial charge in [-0.25, -0.2) is 9.78 Å². The normalized spacial score (nSPS) is 13.7. The van der Waals surface area contributed by atoms with Crippen molar-refractivity contribution >= 4 is 34.5 Å². The maximum Gasteiger partial charge on any atom is 0.323 e. The number of fused-ring (bicyclic) bond motifs is 1. The molecule has 0 bridgehead atoms. The highest BCUT2D eigenvalue weighted by molar-refractivity contribution is 5.99. The molecule has 8 nitrogen and oxygen atoms in total. The van der Waals surface area contributed by atoms with Gasteiger partial charge < -0.3 is 24.7 Å². The molecule has 8 heteroatoms. The first-order chi connectivity index (χ1) is 15.1. The van der Waals surface area contributed by atoms with Crippen molar-refractivity contribution in [2.24, 2.45) is 0 Å². The van der Waals surface area contributed by atoms with E-state index in [9.17, 15) is 9.59 Å². The lowest BCUT2D eigenvalue weighted by Crippen LogP contribution is -2.37. The predicted octanol–water partition coefficient (Wildman–Crippen LogP) is 3.63. The average Bonchev–Trinajstić information content (AvgIpc) is 3.26. The molecule has 0 aliphatic carbocycles. The molecule has 1 aromatic carbocycles. The van der Waals surface area contributed by atoms with E-state index >= 15 is 0 Å². The number of imidazole rings is 1. The zero-order valence-corrected chi connectivity index (χ0v) is 17.4. The molecule has 0 fully saturated rings. The number of nitrogens with zero attached hydrogens (tertiary/aromatic N) is 3. The van der Waals surface area contributed by atoms with Crippen LogP contribution >= 0.6 is 0 Å². The van der Waals surface area contributed by atoms with E-state index in [4.69, 9.17) is 4.74 Å². The Morgan fingerprint density at radius 2 is 1.87 bits per heavy atom. The Labute approximate surface area is 180 Å². The fraction of sp³-hybridized carbons (Fsp3) is 0.261. The Hall–Kier alpha value is -3.65. The first kappa shape index (κ1) is 20.6.